The van der Waals surface area contributed by atoms with Crippen LogP contribution in [0.4, 0.5) is 8.78 Å². The Kier molecular flexibility index (Phi) is 4.01. The molecule has 1 aromatic rings. The van der Waals surface area contributed by atoms with Crippen LogP contribution in [0.2, 0.25) is 0 Å². The molecule has 0 spiro atoms. The van der Waals surface area contributed by atoms with Crippen LogP contribution in [0, 0.1) is 17.6 Å². The van der Waals surface area contributed by atoms with Gasteiger partial charge in [-0.1, -0.05) is 19.4 Å². The Labute approximate surface area is 82.9 Å². The molecular formula is C11H15F2N. The summed E-state index contributed by atoms with van der Waals surface area (Å²) in [7, 11) is 0. The molecule has 2 N–H and O–H groups in total. The van der Waals surface area contributed by atoms with Gasteiger partial charge in [0, 0.05) is 0 Å². The molecule has 1 nitrogen and oxygen atoms in total. The van der Waals surface area contributed by atoms with Crippen LogP contribution in [0.5, 0.6) is 0 Å². The van der Waals surface area contributed by atoms with Crippen molar-refractivity contribution in [1.82, 2.24) is 0 Å². The van der Waals surface area contributed by atoms with Crippen LogP contribution >= 0.6 is 0 Å². The number of nitrogens with two attached hydrogens (primary N) is 1. The van der Waals surface area contributed by atoms with E-state index in [1.807, 2.05) is 6.92 Å². The van der Waals surface area contributed by atoms with Gasteiger partial charge < -0.3 is 5.73 Å². The molecule has 0 aliphatic heterocycles. The zero-order valence-electron chi connectivity index (χ0n) is 8.26. The van der Waals surface area contributed by atoms with Crippen LogP contribution in [0.25, 0.3) is 0 Å². The second-order valence-corrected chi connectivity index (χ2v) is 3.46. The predicted molar refractivity (Wildman–Crippen MR) is 52.9 cm³/mol. The first-order chi connectivity index (χ1) is 6.67. The van der Waals surface area contributed by atoms with Crippen LogP contribution in [-0.2, 0) is 6.42 Å². The van der Waals surface area contributed by atoms with Gasteiger partial charge in [-0.15, -0.1) is 0 Å². The second kappa shape index (κ2) is 5.05. The SMILES string of the molecule is CCC(CN)Cc1ccc(F)c(F)c1. The van der Waals surface area contributed by atoms with Crippen molar-refractivity contribution < 1.29 is 8.78 Å². The zero-order chi connectivity index (χ0) is 10.6. The largest absolute Gasteiger partial charge is 0.330 e. The molecule has 0 aliphatic carbocycles. The van der Waals surface area contributed by atoms with E-state index in [1.165, 1.54) is 6.07 Å². The smallest absolute Gasteiger partial charge is 0.159 e. The molecule has 14 heavy (non-hydrogen) atoms. The van der Waals surface area contributed by atoms with E-state index in [-0.39, 0.29) is 0 Å². The van der Waals surface area contributed by atoms with Crippen molar-refractivity contribution in [3.05, 3.63) is 35.4 Å². The molecule has 0 bridgehead atoms. The van der Waals surface area contributed by atoms with Crippen LogP contribution in [0.3, 0.4) is 0 Å². The highest BCUT2D eigenvalue weighted by Gasteiger charge is 2.07. The van der Waals surface area contributed by atoms with Gasteiger partial charge in [0.05, 0.1) is 0 Å². The van der Waals surface area contributed by atoms with Gasteiger partial charge in [0.2, 0.25) is 0 Å². The van der Waals surface area contributed by atoms with E-state index < -0.39 is 11.6 Å². The lowest BCUT2D eigenvalue weighted by Gasteiger charge is -2.11. The van der Waals surface area contributed by atoms with Gasteiger partial charge in [-0.2, -0.15) is 0 Å². The minimum Gasteiger partial charge on any atom is -0.330 e. The molecule has 0 heterocycles. The van der Waals surface area contributed by atoms with E-state index in [9.17, 15) is 8.78 Å². The molecule has 0 aromatic heterocycles. The summed E-state index contributed by atoms with van der Waals surface area (Å²) in [5.74, 6) is -1.23. The lowest BCUT2D eigenvalue weighted by molar-refractivity contribution is 0.495. The maximum Gasteiger partial charge on any atom is 0.159 e. The highest BCUT2D eigenvalue weighted by atomic mass is 19.2. The monoisotopic (exact) mass is 199 g/mol. The topological polar surface area (TPSA) is 26.0 Å². The van der Waals surface area contributed by atoms with Crippen molar-refractivity contribution in [2.24, 2.45) is 11.7 Å². The molecule has 1 aromatic carbocycles. The van der Waals surface area contributed by atoms with Gasteiger partial charge in [0.15, 0.2) is 11.6 Å². The maximum absolute atomic E-state index is 12.8. The summed E-state index contributed by atoms with van der Waals surface area (Å²) in [5, 5.41) is 0. The predicted octanol–water partition coefficient (Wildman–Crippen LogP) is 2.49. The first kappa shape index (κ1) is 11.1. The minimum absolute atomic E-state index is 0.347. The average molecular weight is 199 g/mol. The quantitative estimate of drug-likeness (QED) is 0.792. The summed E-state index contributed by atoms with van der Waals surface area (Å²) >= 11 is 0. The third kappa shape index (κ3) is 2.77. The van der Waals surface area contributed by atoms with Crippen molar-refractivity contribution in [3.8, 4) is 0 Å². The first-order valence-corrected chi connectivity index (χ1v) is 4.81. The molecule has 0 saturated carbocycles. The molecule has 3 heteroatoms. The second-order valence-electron chi connectivity index (χ2n) is 3.46. The molecule has 78 valence electrons. The Morgan fingerprint density at radius 2 is 2.00 bits per heavy atom. The molecular weight excluding hydrogens is 184 g/mol. The van der Waals surface area contributed by atoms with Crippen molar-refractivity contribution in [3.63, 3.8) is 0 Å². The Morgan fingerprint density at radius 1 is 1.29 bits per heavy atom. The van der Waals surface area contributed by atoms with Gasteiger partial charge in [-0.05, 0) is 36.6 Å². The number of hydrogen-bond acceptors (Lipinski definition) is 1. The summed E-state index contributed by atoms with van der Waals surface area (Å²) in [4.78, 5) is 0. The molecule has 0 aliphatic rings. The fraction of sp³-hybridized carbons (Fsp3) is 0.455. The molecule has 1 rings (SSSR count). The standard InChI is InChI=1S/C11H15F2N/c1-2-8(7-14)5-9-3-4-10(12)11(13)6-9/h3-4,6,8H,2,5,7,14H2,1H3. The van der Waals surface area contributed by atoms with Crippen molar-refractivity contribution in [2.45, 2.75) is 19.8 Å². The summed E-state index contributed by atoms with van der Waals surface area (Å²) in [6, 6.07) is 4.01. The maximum atomic E-state index is 12.8. The fourth-order valence-electron chi connectivity index (χ4n) is 1.39. The van der Waals surface area contributed by atoms with E-state index in [1.54, 1.807) is 6.07 Å². The van der Waals surface area contributed by atoms with Gasteiger partial charge in [0.25, 0.3) is 0 Å². The van der Waals surface area contributed by atoms with E-state index >= 15 is 0 Å². The Hall–Kier alpha value is -0.960. The number of halogens is 2. The van der Waals surface area contributed by atoms with Gasteiger partial charge in [-0.3, -0.25) is 0 Å². The van der Waals surface area contributed by atoms with Gasteiger partial charge in [0.1, 0.15) is 0 Å². The van der Waals surface area contributed by atoms with E-state index in [2.05, 4.69) is 0 Å². The molecule has 0 radical (unpaired) electrons. The lowest BCUT2D eigenvalue weighted by Crippen LogP contribution is -2.15. The third-order valence-corrected chi connectivity index (χ3v) is 2.42. The zero-order valence-corrected chi connectivity index (χ0v) is 8.26. The van der Waals surface area contributed by atoms with E-state index in [0.29, 0.717) is 18.9 Å². The third-order valence-electron chi connectivity index (χ3n) is 2.42. The van der Waals surface area contributed by atoms with Crippen LogP contribution in [-0.4, -0.2) is 6.54 Å². The minimum atomic E-state index is -0.797. The van der Waals surface area contributed by atoms with Crippen molar-refractivity contribution >= 4 is 0 Å². The Bertz CT molecular complexity index is 295. The van der Waals surface area contributed by atoms with Crippen LogP contribution < -0.4 is 5.73 Å². The average Bonchev–Trinajstić information content (AvgIpc) is 2.19. The molecule has 1 unspecified atom stereocenters. The molecule has 1 atom stereocenters. The number of rotatable bonds is 4. The highest BCUT2D eigenvalue weighted by Crippen LogP contribution is 2.14. The van der Waals surface area contributed by atoms with Gasteiger partial charge in [-0.25, -0.2) is 8.78 Å². The number of benzene rings is 1. The summed E-state index contributed by atoms with van der Waals surface area (Å²) < 4.78 is 25.4. The lowest BCUT2D eigenvalue weighted by atomic mass is 9.97. The summed E-state index contributed by atoms with van der Waals surface area (Å²) in [6.45, 7) is 2.62. The Morgan fingerprint density at radius 3 is 2.50 bits per heavy atom. The normalized spacial score (nSPS) is 12.9. The molecule has 0 saturated heterocycles. The fourth-order valence-corrected chi connectivity index (χ4v) is 1.39. The summed E-state index contributed by atoms with van der Waals surface area (Å²) in [5.41, 5.74) is 6.34. The van der Waals surface area contributed by atoms with E-state index in [0.717, 1.165) is 18.1 Å². The van der Waals surface area contributed by atoms with Crippen LogP contribution in [0.1, 0.15) is 18.9 Å². The number of hydrogen-bond donors (Lipinski definition) is 1. The molecule has 0 fully saturated rings. The molecule has 0 amide bonds. The summed E-state index contributed by atoms with van der Waals surface area (Å²) in [6.07, 6.45) is 1.67. The van der Waals surface area contributed by atoms with Crippen molar-refractivity contribution in [2.75, 3.05) is 6.54 Å². The van der Waals surface area contributed by atoms with Gasteiger partial charge >= 0.3 is 0 Å². The van der Waals surface area contributed by atoms with E-state index in [4.69, 9.17) is 5.73 Å². The Balaban J connectivity index is 2.72. The highest BCUT2D eigenvalue weighted by molar-refractivity contribution is 5.18. The van der Waals surface area contributed by atoms with Crippen LogP contribution in [0.15, 0.2) is 18.2 Å². The first-order valence-electron chi connectivity index (χ1n) is 4.81. The van der Waals surface area contributed by atoms with Crippen molar-refractivity contribution in [1.29, 1.82) is 0 Å².